The molecule has 0 aliphatic heterocycles. The van der Waals surface area contributed by atoms with Crippen LogP contribution in [0.4, 0.5) is 5.69 Å². The van der Waals surface area contributed by atoms with Crippen molar-refractivity contribution in [3.05, 3.63) is 83.2 Å². The molecule has 6 heteroatoms. The van der Waals surface area contributed by atoms with E-state index in [1.54, 1.807) is 12.3 Å². The summed E-state index contributed by atoms with van der Waals surface area (Å²) in [5.74, 6) is -1.59. The van der Waals surface area contributed by atoms with Crippen molar-refractivity contribution in [1.29, 1.82) is 5.26 Å². The van der Waals surface area contributed by atoms with Crippen LogP contribution in [-0.2, 0) is 0 Å². The number of rotatable bonds is 4. The number of nitriles is 1. The Kier molecular flexibility index (Phi) is 4.54. The van der Waals surface area contributed by atoms with Crippen molar-refractivity contribution in [2.75, 3.05) is 5.32 Å². The lowest BCUT2D eigenvalue weighted by molar-refractivity contribution is 0.0689. The average Bonchev–Trinajstić information content (AvgIpc) is 3.06. The van der Waals surface area contributed by atoms with E-state index in [4.69, 9.17) is 5.26 Å². The number of carbonyl (C=O) groups excluding carboxylic acids is 1. The highest BCUT2D eigenvalue weighted by atomic mass is 16.4. The molecule has 0 saturated carbocycles. The highest BCUT2D eigenvalue weighted by Crippen LogP contribution is 2.23. The number of aromatic nitrogens is 1. The van der Waals surface area contributed by atoms with E-state index in [0.29, 0.717) is 16.8 Å². The Morgan fingerprint density at radius 3 is 2.27 bits per heavy atom. The van der Waals surface area contributed by atoms with E-state index in [9.17, 15) is 14.7 Å². The number of carboxylic acids is 1. The van der Waals surface area contributed by atoms with Crippen molar-refractivity contribution in [3.63, 3.8) is 0 Å². The van der Waals surface area contributed by atoms with Gasteiger partial charge in [-0.05, 0) is 49.4 Å². The molecule has 0 spiro atoms. The molecule has 1 heterocycles. The van der Waals surface area contributed by atoms with E-state index < -0.39 is 11.9 Å². The van der Waals surface area contributed by atoms with Crippen LogP contribution in [0.2, 0.25) is 0 Å². The number of benzene rings is 2. The summed E-state index contributed by atoms with van der Waals surface area (Å²) in [5, 5.41) is 21.0. The van der Waals surface area contributed by atoms with Gasteiger partial charge in [0.1, 0.15) is 0 Å². The van der Waals surface area contributed by atoms with Crippen molar-refractivity contribution in [2.45, 2.75) is 6.92 Å². The number of aromatic carboxylic acids is 1. The van der Waals surface area contributed by atoms with Gasteiger partial charge < -0.3 is 15.0 Å². The largest absolute Gasteiger partial charge is 0.476 e. The molecule has 0 bridgehead atoms. The molecule has 1 aromatic heterocycles. The number of hydrogen-bond donors (Lipinski definition) is 2. The van der Waals surface area contributed by atoms with Gasteiger partial charge in [-0.2, -0.15) is 5.26 Å². The minimum atomic E-state index is -1.15. The van der Waals surface area contributed by atoms with Crippen molar-refractivity contribution in [1.82, 2.24) is 4.57 Å². The lowest BCUT2D eigenvalue weighted by Gasteiger charge is -2.09. The predicted molar refractivity (Wildman–Crippen MR) is 96.6 cm³/mol. The van der Waals surface area contributed by atoms with Gasteiger partial charge in [0.05, 0.1) is 17.3 Å². The van der Waals surface area contributed by atoms with Crippen LogP contribution in [0.25, 0.3) is 5.69 Å². The van der Waals surface area contributed by atoms with Crippen molar-refractivity contribution in [2.24, 2.45) is 0 Å². The maximum absolute atomic E-state index is 12.4. The molecular formula is C20H15N3O3. The first-order valence-electron chi connectivity index (χ1n) is 7.83. The van der Waals surface area contributed by atoms with Crippen molar-refractivity contribution < 1.29 is 14.7 Å². The van der Waals surface area contributed by atoms with Crippen LogP contribution in [0.3, 0.4) is 0 Å². The molecule has 1 amide bonds. The van der Waals surface area contributed by atoms with Crippen LogP contribution in [-0.4, -0.2) is 21.6 Å². The van der Waals surface area contributed by atoms with Gasteiger partial charge in [-0.25, -0.2) is 4.79 Å². The minimum absolute atomic E-state index is 0.0316. The molecule has 2 aromatic carbocycles. The lowest BCUT2D eigenvalue weighted by atomic mass is 10.1. The van der Waals surface area contributed by atoms with E-state index in [0.717, 1.165) is 5.56 Å². The maximum atomic E-state index is 12.4. The van der Waals surface area contributed by atoms with E-state index in [2.05, 4.69) is 5.32 Å². The van der Waals surface area contributed by atoms with Crippen molar-refractivity contribution >= 4 is 17.6 Å². The molecule has 3 aromatic rings. The Bertz CT molecular complexity index is 1010. The highest BCUT2D eigenvalue weighted by molar-refractivity contribution is 6.07. The van der Waals surface area contributed by atoms with Gasteiger partial charge in [0.2, 0.25) is 0 Å². The number of amides is 1. The quantitative estimate of drug-likeness (QED) is 0.755. The topological polar surface area (TPSA) is 95.1 Å². The van der Waals surface area contributed by atoms with Crippen LogP contribution >= 0.6 is 0 Å². The number of nitrogens with one attached hydrogen (secondary N) is 1. The lowest BCUT2D eigenvalue weighted by Crippen LogP contribution is -2.15. The zero-order valence-electron chi connectivity index (χ0n) is 13.9. The Balaban J connectivity index is 1.92. The fourth-order valence-electron chi connectivity index (χ4n) is 2.56. The summed E-state index contributed by atoms with van der Waals surface area (Å²) in [4.78, 5) is 24.1. The molecule has 3 rings (SSSR count). The smallest absolute Gasteiger partial charge is 0.355 e. The van der Waals surface area contributed by atoms with Gasteiger partial charge >= 0.3 is 5.97 Å². The summed E-state index contributed by atoms with van der Waals surface area (Å²) in [6, 6.07) is 17.0. The Hall–Kier alpha value is -3.85. The van der Waals surface area contributed by atoms with Gasteiger partial charge in [0, 0.05) is 17.4 Å². The molecule has 26 heavy (non-hydrogen) atoms. The summed E-state index contributed by atoms with van der Waals surface area (Å²) in [7, 11) is 0. The molecule has 6 nitrogen and oxygen atoms in total. The molecule has 0 unspecified atom stereocenters. The second-order valence-corrected chi connectivity index (χ2v) is 5.73. The Morgan fingerprint density at radius 2 is 1.69 bits per heavy atom. The number of nitrogens with zero attached hydrogens (tertiary/aromatic N) is 2. The summed E-state index contributed by atoms with van der Waals surface area (Å²) in [6.07, 6.45) is 1.60. The molecule has 0 saturated heterocycles. The van der Waals surface area contributed by atoms with Crippen molar-refractivity contribution in [3.8, 4) is 11.8 Å². The first kappa shape index (κ1) is 17.0. The van der Waals surface area contributed by atoms with Crippen LogP contribution in [0, 0.1) is 18.3 Å². The first-order chi connectivity index (χ1) is 12.5. The number of anilines is 1. The third-order valence-electron chi connectivity index (χ3n) is 3.93. The Labute approximate surface area is 149 Å². The van der Waals surface area contributed by atoms with E-state index >= 15 is 0 Å². The van der Waals surface area contributed by atoms with Crippen LogP contribution < -0.4 is 5.32 Å². The van der Waals surface area contributed by atoms with Gasteiger partial charge in [0.25, 0.3) is 5.91 Å². The summed E-state index contributed by atoms with van der Waals surface area (Å²) < 4.78 is 1.51. The van der Waals surface area contributed by atoms with E-state index in [1.807, 2.05) is 37.3 Å². The molecule has 0 aliphatic rings. The van der Waals surface area contributed by atoms with Gasteiger partial charge in [-0.15, -0.1) is 0 Å². The monoisotopic (exact) mass is 345 g/mol. The predicted octanol–water partition coefficient (Wildman–Crippen LogP) is 3.61. The maximum Gasteiger partial charge on any atom is 0.355 e. The van der Waals surface area contributed by atoms with Gasteiger partial charge in [0.15, 0.2) is 5.69 Å². The van der Waals surface area contributed by atoms with E-state index in [1.165, 1.54) is 28.8 Å². The summed E-state index contributed by atoms with van der Waals surface area (Å²) in [6.45, 7) is 1.95. The van der Waals surface area contributed by atoms with Gasteiger partial charge in [-0.1, -0.05) is 17.7 Å². The SMILES string of the molecule is Cc1ccc(-n2ccc(NC(=O)c3ccc(C#N)cc3)c2C(=O)O)cc1. The van der Waals surface area contributed by atoms with E-state index in [-0.39, 0.29) is 11.4 Å². The zero-order chi connectivity index (χ0) is 18.7. The van der Waals surface area contributed by atoms with Crippen LogP contribution in [0.5, 0.6) is 0 Å². The Morgan fingerprint density at radius 1 is 1.04 bits per heavy atom. The average molecular weight is 345 g/mol. The normalized spacial score (nSPS) is 10.2. The molecule has 2 N–H and O–H groups in total. The molecule has 0 atom stereocenters. The zero-order valence-corrected chi connectivity index (χ0v) is 13.9. The second-order valence-electron chi connectivity index (χ2n) is 5.73. The molecular weight excluding hydrogens is 330 g/mol. The number of carboxylic acid groups (broad SMARTS) is 1. The van der Waals surface area contributed by atoms with Crippen LogP contribution in [0.15, 0.2) is 60.8 Å². The first-order valence-corrected chi connectivity index (χ1v) is 7.83. The molecule has 0 fully saturated rings. The molecule has 128 valence electrons. The summed E-state index contributed by atoms with van der Waals surface area (Å²) >= 11 is 0. The number of aryl methyl sites for hydroxylation is 1. The van der Waals surface area contributed by atoms with Gasteiger partial charge in [-0.3, -0.25) is 4.79 Å². The third kappa shape index (κ3) is 3.32. The van der Waals surface area contributed by atoms with Crippen LogP contribution in [0.1, 0.15) is 32.0 Å². The number of hydrogen-bond acceptors (Lipinski definition) is 3. The third-order valence-corrected chi connectivity index (χ3v) is 3.93. The standard InChI is InChI=1S/C20H15N3O3/c1-13-2-8-16(9-3-13)23-11-10-17(18(23)20(25)26)22-19(24)15-6-4-14(12-21)5-7-15/h2-11H,1H3,(H,22,24)(H,25,26). The number of carbonyl (C=O) groups is 2. The second kappa shape index (κ2) is 6.95. The highest BCUT2D eigenvalue weighted by Gasteiger charge is 2.19. The summed E-state index contributed by atoms with van der Waals surface area (Å²) in [5.41, 5.74) is 2.70. The molecule has 0 radical (unpaired) electrons. The molecule has 0 aliphatic carbocycles. The minimum Gasteiger partial charge on any atom is -0.476 e. The fraction of sp³-hybridized carbons (Fsp3) is 0.0500. The fourth-order valence-corrected chi connectivity index (χ4v) is 2.56.